The Labute approximate surface area is 188 Å². The molecular formula is C25H28N4O3. The number of likely N-dealkylation sites (tertiary alicyclic amines) is 1. The first-order valence-electron chi connectivity index (χ1n) is 10.9. The molecule has 2 atom stereocenters. The maximum atomic E-state index is 13.7. The van der Waals surface area contributed by atoms with Crippen LogP contribution in [0.15, 0.2) is 54.9 Å². The number of pyridine rings is 1. The average Bonchev–Trinajstić information content (AvgIpc) is 2.83. The van der Waals surface area contributed by atoms with Crippen molar-refractivity contribution in [1.82, 2.24) is 19.9 Å². The fourth-order valence-electron chi connectivity index (χ4n) is 4.04. The van der Waals surface area contributed by atoms with Crippen molar-refractivity contribution in [3.05, 3.63) is 66.2 Å². The third kappa shape index (κ3) is 4.88. The highest BCUT2D eigenvalue weighted by atomic mass is 16.5. The minimum absolute atomic E-state index is 0.0660. The second kappa shape index (κ2) is 9.77. The van der Waals surface area contributed by atoms with Crippen molar-refractivity contribution in [2.24, 2.45) is 5.92 Å². The number of aromatic nitrogens is 3. The largest absolute Gasteiger partial charge is 0.494 e. The van der Waals surface area contributed by atoms with E-state index in [-0.39, 0.29) is 18.0 Å². The zero-order valence-corrected chi connectivity index (χ0v) is 18.7. The zero-order valence-electron chi connectivity index (χ0n) is 18.7. The summed E-state index contributed by atoms with van der Waals surface area (Å²) in [5, 5.41) is 0. The van der Waals surface area contributed by atoms with E-state index in [0.717, 1.165) is 29.7 Å². The number of nitrogens with zero attached hydrogens (tertiary/aromatic N) is 4. The second-order valence-corrected chi connectivity index (χ2v) is 8.21. The van der Waals surface area contributed by atoms with Crippen molar-refractivity contribution >= 4 is 5.91 Å². The number of aryl methyl sites for hydroxylation is 1. The Bertz CT molecular complexity index is 1060. The lowest BCUT2D eigenvalue weighted by Gasteiger charge is -2.38. The summed E-state index contributed by atoms with van der Waals surface area (Å²) < 4.78 is 10.9. The van der Waals surface area contributed by atoms with E-state index in [9.17, 15) is 4.79 Å². The molecule has 166 valence electrons. The van der Waals surface area contributed by atoms with Crippen LogP contribution in [0.2, 0.25) is 0 Å². The van der Waals surface area contributed by atoms with Gasteiger partial charge in [-0.15, -0.1) is 0 Å². The van der Waals surface area contributed by atoms with Crippen LogP contribution in [0, 0.1) is 12.8 Å². The molecule has 32 heavy (non-hydrogen) atoms. The van der Waals surface area contributed by atoms with Crippen LogP contribution in [0.3, 0.4) is 0 Å². The molecule has 0 saturated carbocycles. The van der Waals surface area contributed by atoms with Gasteiger partial charge in [-0.3, -0.25) is 4.79 Å². The van der Waals surface area contributed by atoms with Gasteiger partial charge in [-0.05, 0) is 37.3 Å². The van der Waals surface area contributed by atoms with Crippen molar-refractivity contribution in [2.45, 2.75) is 32.7 Å². The summed E-state index contributed by atoms with van der Waals surface area (Å²) in [5.41, 5.74) is 3.13. The molecule has 4 rings (SSSR count). The molecule has 7 heteroatoms. The Kier molecular flexibility index (Phi) is 6.63. The number of rotatable bonds is 6. The predicted octanol–water partition coefficient (Wildman–Crippen LogP) is 4.18. The summed E-state index contributed by atoms with van der Waals surface area (Å²) in [4.78, 5) is 28.6. The summed E-state index contributed by atoms with van der Waals surface area (Å²) in [7, 11) is 1.56. The predicted molar refractivity (Wildman–Crippen MR) is 122 cm³/mol. The van der Waals surface area contributed by atoms with Crippen LogP contribution >= 0.6 is 0 Å². The molecule has 1 amide bonds. The fraction of sp³-hybridized carbons (Fsp3) is 0.360. The number of hydrogen-bond donors (Lipinski definition) is 0. The first-order chi connectivity index (χ1) is 15.5. The molecule has 0 N–H and O–H groups in total. The molecule has 1 aliphatic rings. The topological polar surface area (TPSA) is 77.4 Å². The van der Waals surface area contributed by atoms with Gasteiger partial charge in [0.05, 0.1) is 25.5 Å². The van der Waals surface area contributed by atoms with Crippen LogP contribution in [0.25, 0.3) is 11.1 Å². The number of piperidine rings is 1. The van der Waals surface area contributed by atoms with E-state index in [0.29, 0.717) is 30.5 Å². The molecular weight excluding hydrogens is 404 g/mol. The first-order valence-corrected chi connectivity index (χ1v) is 10.9. The van der Waals surface area contributed by atoms with Crippen LogP contribution < -0.4 is 9.47 Å². The molecule has 3 aromatic rings. The Morgan fingerprint density at radius 1 is 1.12 bits per heavy atom. The SMILES string of the molecule is COc1cnc(OCC2C[C@@H](C)CCN2C(=O)c2nc(C)ccc2-c2ccccc2)nc1. The molecule has 1 fully saturated rings. The molecule has 3 heterocycles. The Hall–Kier alpha value is -3.48. The van der Waals surface area contributed by atoms with Crippen LogP contribution in [0.5, 0.6) is 11.8 Å². The molecule has 0 bridgehead atoms. The number of amides is 1. The van der Waals surface area contributed by atoms with E-state index in [4.69, 9.17) is 9.47 Å². The monoisotopic (exact) mass is 432 g/mol. The van der Waals surface area contributed by atoms with Gasteiger partial charge >= 0.3 is 6.01 Å². The molecule has 1 unspecified atom stereocenters. The van der Waals surface area contributed by atoms with Gasteiger partial charge < -0.3 is 14.4 Å². The van der Waals surface area contributed by atoms with E-state index in [1.807, 2.05) is 54.3 Å². The number of carbonyl (C=O) groups excluding carboxylic acids is 1. The Morgan fingerprint density at radius 3 is 2.59 bits per heavy atom. The zero-order chi connectivity index (χ0) is 22.5. The number of benzene rings is 1. The molecule has 0 radical (unpaired) electrons. The van der Waals surface area contributed by atoms with E-state index >= 15 is 0 Å². The lowest BCUT2D eigenvalue weighted by atomic mass is 9.92. The molecule has 1 aromatic carbocycles. The van der Waals surface area contributed by atoms with Gasteiger partial charge in [0, 0.05) is 17.8 Å². The third-order valence-electron chi connectivity index (χ3n) is 5.81. The van der Waals surface area contributed by atoms with Gasteiger partial charge in [0.25, 0.3) is 5.91 Å². The van der Waals surface area contributed by atoms with E-state index in [2.05, 4.69) is 21.9 Å². The van der Waals surface area contributed by atoms with Gasteiger partial charge in [0.15, 0.2) is 5.75 Å². The van der Waals surface area contributed by atoms with E-state index < -0.39 is 0 Å². The van der Waals surface area contributed by atoms with Crippen LogP contribution in [-0.4, -0.2) is 52.1 Å². The highest BCUT2D eigenvalue weighted by Crippen LogP contribution is 2.28. The summed E-state index contributed by atoms with van der Waals surface area (Å²) in [6.07, 6.45) is 4.94. The molecule has 2 aromatic heterocycles. The molecule has 1 saturated heterocycles. The minimum Gasteiger partial charge on any atom is -0.494 e. The average molecular weight is 433 g/mol. The standard InChI is InChI=1S/C25H28N4O3/c1-17-11-12-29(20(13-17)16-32-25-26-14-21(31-3)15-27-25)24(30)23-22(10-9-18(2)28-23)19-7-5-4-6-8-19/h4-10,14-15,17,20H,11-13,16H2,1-3H3/t17-,20?/m0/s1. The highest BCUT2D eigenvalue weighted by Gasteiger charge is 2.33. The maximum Gasteiger partial charge on any atom is 0.316 e. The maximum absolute atomic E-state index is 13.7. The summed E-state index contributed by atoms with van der Waals surface area (Å²) >= 11 is 0. The van der Waals surface area contributed by atoms with E-state index in [1.54, 1.807) is 19.5 Å². The van der Waals surface area contributed by atoms with Gasteiger partial charge in [-0.25, -0.2) is 4.98 Å². The van der Waals surface area contributed by atoms with Crippen LogP contribution in [0.1, 0.15) is 35.9 Å². The van der Waals surface area contributed by atoms with Crippen molar-refractivity contribution in [1.29, 1.82) is 0 Å². The number of ether oxygens (including phenoxy) is 2. The van der Waals surface area contributed by atoms with Crippen molar-refractivity contribution in [2.75, 3.05) is 20.3 Å². The summed E-state index contributed by atoms with van der Waals surface area (Å²) in [5.74, 6) is 1.01. The van der Waals surface area contributed by atoms with Gasteiger partial charge in [-0.1, -0.05) is 43.3 Å². The van der Waals surface area contributed by atoms with Crippen molar-refractivity contribution in [3.63, 3.8) is 0 Å². The lowest BCUT2D eigenvalue weighted by Crippen LogP contribution is -2.49. The Morgan fingerprint density at radius 2 is 1.88 bits per heavy atom. The molecule has 0 aliphatic carbocycles. The number of methoxy groups -OCH3 is 1. The van der Waals surface area contributed by atoms with Gasteiger partial charge in [0.2, 0.25) is 0 Å². The van der Waals surface area contributed by atoms with Crippen molar-refractivity contribution in [3.8, 4) is 22.9 Å². The van der Waals surface area contributed by atoms with Crippen LogP contribution in [0.4, 0.5) is 0 Å². The summed E-state index contributed by atoms with van der Waals surface area (Å²) in [6, 6.07) is 14.0. The van der Waals surface area contributed by atoms with Crippen molar-refractivity contribution < 1.29 is 14.3 Å². The van der Waals surface area contributed by atoms with Gasteiger partial charge in [0.1, 0.15) is 12.3 Å². The molecule has 0 spiro atoms. The fourth-order valence-corrected chi connectivity index (χ4v) is 4.04. The second-order valence-electron chi connectivity index (χ2n) is 8.21. The number of hydrogen-bond acceptors (Lipinski definition) is 6. The number of carbonyl (C=O) groups is 1. The molecule has 1 aliphatic heterocycles. The third-order valence-corrected chi connectivity index (χ3v) is 5.81. The van der Waals surface area contributed by atoms with Gasteiger partial charge in [-0.2, -0.15) is 9.97 Å². The first kappa shape index (κ1) is 21.7. The Balaban J connectivity index is 1.57. The normalized spacial score (nSPS) is 18.3. The van der Waals surface area contributed by atoms with E-state index in [1.165, 1.54) is 0 Å². The quantitative estimate of drug-likeness (QED) is 0.582. The smallest absolute Gasteiger partial charge is 0.316 e. The summed E-state index contributed by atoms with van der Waals surface area (Å²) in [6.45, 7) is 5.11. The highest BCUT2D eigenvalue weighted by molar-refractivity contribution is 5.99. The minimum atomic E-state index is -0.0807. The lowest BCUT2D eigenvalue weighted by molar-refractivity contribution is 0.0445. The van der Waals surface area contributed by atoms with Crippen LogP contribution in [-0.2, 0) is 0 Å². The molecule has 7 nitrogen and oxygen atoms in total.